The number of aliphatic hydroxyl groups is 1. The molecule has 1 amide bonds. The van der Waals surface area contributed by atoms with E-state index >= 15 is 0 Å². The van der Waals surface area contributed by atoms with Crippen LogP contribution in [0.4, 0.5) is 0 Å². The van der Waals surface area contributed by atoms with E-state index in [0.29, 0.717) is 6.54 Å². The lowest BCUT2D eigenvalue weighted by Crippen LogP contribution is -2.52. The monoisotopic (exact) mass is 170 g/mol. The van der Waals surface area contributed by atoms with Gasteiger partial charge in [0.1, 0.15) is 0 Å². The van der Waals surface area contributed by atoms with Crippen LogP contribution in [0.2, 0.25) is 0 Å². The van der Waals surface area contributed by atoms with Gasteiger partial charge in [0.15, 0.2) is 0 Å². The molecule has 1 aliphatic rings. The Balaban J connectivity index is 2.38. The largest absolute Gasteiger partial charge is 0.390 e. The maximum atomic E-state index is 10.9. The molecule has 2 atom stereocenters. The SMILES string of the molecule is C=CC(=O)NC1CCNCC1O. The third kappa shape index (κ3) is 2.32. The Labute approximate surface area is 71.7 Å². The summed E-state index contributed by atoms with van der Waals surface area (Å²) < 4.78 is 0. The summed E-state index contributed by atoms with van der Waals surface area (Å²) in [6.45, 7) is 4.72. The number of amides is 1. The van der Waals surface area contributed by atoms with Crippen molar-refractivity contribution >= 4 is 5.91 Å². The van der Waals surface area contributed by atoms with Crippen molar-refractivity contribution < 1.29 is 9.90 Å². The van der Waals surface area contributed by atoms with Gasteiger partial charge in [0.2, 0.25) is 5.91 Å². The van der Waals surface area contributed by atoms with Crippen molar-refractivity contribution in [3.8, 4) is 0 Å². The Morgan fingerprint density at radius 2 is 2.50 bits per heavy atom. The highest BCUT2D eigenvalue weighted by Gasteiger charge is 2.23. The number of hydrogen-bond acceptors (Lipinski definition) is 3. The standard InChI is InChI=1S/C8H14N2O2/c1-2-8(12)10-6-3-4-9-5-7(6)11/h2,6-7,9,11H,1,3-5H2,(H,10,12). The highest BCUT2D eigenvalue weighted by molar-refractivity contribution is 5.87. The van der Waals surface area contributed by atoms with Crippen LogP contribution in [0.25, 0.3) is 0 Å². The lowest BCUT2D eigenvalue weighted by molar-refractivity contribution is -0.118. The van der Waals surface area contributed by atoms with E-state index < -0.39 is 6.10 Å². The van der Waals surface area contributed by atoms with Gasteiger partial charge in [-0.25, -0.2) is 0 Å². The lowest BCUT2D eigenvalue weighted by Gasteiger charge is -2.28. The topological polar surface area (TPSA) is 61.4 Å². The second-order valence-corrected chi connectivity index (χ2v) is 2.88. The van der Waals surface area contributed by atoms with E-state index in [1.165, 1.54) is 6.08 Å². The average molecular weight is 170 g/mol. The molecule has 0 saturated carbocycles. The minimum atomic E-state index is -0.484. The molecular formula is C8H14N2O2. The molecule has 0 aromatic rings. The van der Waals surface area contributed by atoms with Gasteiger partial charge in [-0.1, -0.05) is 6.58 Å². The van der Waals surface area contributed by atoms with Crippen molar-refractivity contribution in [1.29, 1.82) is 0 Å². The van der Waals surface area contributed by atoms with Crippen molar-refractivity contribution in [3.63, 3.8) is 0 Å². The second-order valence-electron chi connectivity index (χ2n) is 2.88. The molecular weight excluding hydrogens is 156 g/mol. The van der Waals surface area contributed by atoms with E-state index in [1.807, 2.05) is 0 Å². The van der Waals surface area contributed by atoms with Crippen molar-refractivity contribution in [2.75, 3.05) is 13.1 Å². The van der Waals surface area contributed by atoms with Crippen molar-refractivity contribution in [1.82, 2.24) is 10.6 Å². The Kier molecular flexibility index (Phi) is 3.25. The third-order valence-electron chi connectivity index (χ3n) is 1.96. The molecule has 2 unspecified atom stereocenters. The van der Waals surface area contributed by atoms with Crippen molar-refractivity contribution in [2.24, 2.45) is 0 Å². The summed E-state index contributed by atoms with van der Waals surface area (Å²) in [6, 6.07) is -0.128. The smallest absolute Gasteiger partial charge is 0.243 e. The van der Waals surface area contributed by atoms with Gasteiger partial charge in [0, 0.05) is 6.54 Å². The first-order valence-electron chi connectivity index (χ1n) is 4.05. The molecule has 1 saturated heterocycles. The van der Waals surface area contributed by atoms with Crippen molar-refractivity contribution in [3.05, 3.63) is 12.7 Å². The Bertz CT molecular complexity index is 182. The molecule has 0 radical (unpaired) electrons. The van der Waals surface area contributed by atoms with E-state index in [1.54, 1.807) is 0 Å². The highest BCUT2D eigenvalue weighted by atomic mass is 16.3. The molecule has 12 heavy (non-hydrogen) atoms. The Hall–Kier alpha value is -0.870. The van der Waals surface area contributed by atoms with Gasteiger partial charge in [0.05, 0.1) is 12.1 Å². The third-order valence-corrected chi connectivity index (χ3v) is 1.96. The second kappa shape index (κ2) is 4.23. The summed E-state index contributed by atoms with van der Waals surface area (Å²) in [5.74, 6) is -0.221. The Morgan fingerprint density at radius 3 is 3.08 bits per heavy atom. The normalized spacial score (nSPS) is 29.4. The number of piperidine rings is 1. The number of carbonyl (C=O) groups excluding carboxylic acids is 1. The number of aliphatic hydroxyl groups excluding tert-OH is 1. The predicted octanol–water partition coefficient (Wildman–Crippen LogP) is -0.989. The summed E-state index contributed by atoms with van der Waals surface area (Å²) in [6.07, 6.45) is 1.50. The molecule has 0 bridgehead atoms. The molecule has 4 nitrogen and oxygen atoms in total. The number of β-amino-alcohol motifs (C(OH)–C–C–N with tert-alkyl or cyclic N) is 1. The first-order valence-corrected chi connectivity index (χ1v) is 4.05. The number of rotatable bonds is 2. The Morgan fingerprint density at radius 1 is 1.75 bits per heavy atom. The fourth-order valence-electron chi connectivity index (χ4n) is 1.25. The molecule has 1 fully saturated rings. The summed E-state index contributed by atoms with van der Waals surface area (Å²) >= 11 is 0. The van der Waals surface area contributed by atoms with Crippen LogP contribution in [0.1, 0.15) is 6.42 Å². The van der Waals surface area contributed by atoms with Gasteiger partial charge in [-0.15, -0.1) is 0 Å². The predicted molar refractivity (Wildman–Crippen MR) is 45.6 cm³/mol. The fraction of sp³-hybridized carbons (Fsp3) is 0.625. The minimum absolute atomic E-state index is 0.128. The average Bonchev–Trinajstić information content (AvgIpc) is 2.09. The first-order chi connectivity index (χ1) is 5.74. The zero-order chi connectivity index (χ0) is 8.97. The van der Waals surface area contributed by atoms with Gasteiger partial charge in [-0.05, 0) is 19.0 Å². The van der Waals surface area contributed by atoms with E-state index in [2.05, 4.69) is 17.2 Å². The highest BCUT2D eigenvalue weighted by Crippen LogP contribution is 2.02. The van der Waals surface area contributed by atoms with E-state index in [4.69, 9.17) is 0 Å². The molecule has 3 N–H and O–H groups in total. The molecule has 0 aromatic carbocycles. The van der Waals surface area contributed by atoms with Crippen LogP contribution < -0.4 is 10.6 Å². The fourth-order valence-corrected chi connectivity index (χ4v) is 1.25. The van der Waals surface area contributed by atoms with Crippen LogP contribution in [0.15, 0.2) is 12.7 Å². The maximum absolute atomic E-state index is 10.9. The molecule has 1 heterocycles. The van der Waals surface area contributed by atoms with Crippen LogP contribution >= 0.6 is 0 Å². The van der Waals surface area contributed by atoms with Gasteiger partial charge >= 0.3 is 0 Å². The first kappa shape index (κ1) is 9.22. The summed E-state index contributed by atoms with van der Waals surface area (Å²) in [5.41, 5.74) is 0. The van der Waals surface area contributed by atoms with Gasteiger partial charge in [-0.3, -0.25) is 4.79 Å². The zero-order valence-corrected chi connectivity index (χ0v) is 6.92. The minimum Gasteiger partial charge on any atom is -0.390 e. The van der Waals surface area contributed by atoms with Gasteiger partial charge in [-0.2, -0.15) is 0 Å². The maximum Gasteiger partial charge on any atom is 0.243 e. The number of nitrogens with one attached hydrogen (secondary N) is 2. The van der Waals surface area contributed by atoms with Crippen LogP contribution in [-0.4, -0.2) is 36.2 Å². The number of carbonyl (C=O) groups is 1. The van der Waals surface area contributed by atoms with E-state index in [0.717, 1.165) is 13.0 Å². The lowest BCUT2D eigenvalue weighted by atomic mass is 10.0. The van der Waals surface area contributed by atoms with E-state index in [9.17, 15) is 9.90 Å². The summed E-state index contributed by atoms with van der Waals surface area (Å²) in [5, 5.41) is 15.1. The van der Waals surface area contributed by atoms with E-state index in [-0.39, 0.29) is 11.9 Å². The molecule has 1 rings (SSSR count). The van der Waals surface area contributed by atoms with Crippen LogP contribution in [0.5, 0.6) is 0 Å². The summed E-state index contributed by atoms with van der Waals surface area (Å²) in [4.78, 5) is 10.9. The molecule has 0 spiro atoms. The molecule has 1 aliphatic heterocycles. The number of hydrogen-bond donors (Lipinski definition) is 3. The molecule has 0 aliphatic carbocycles. The van der Waals surface area contributed by atoms with Gasteiger partial charge in [0.25, 0.3) is 0 Å². The molecule has 68 valence electrons. The summed E-state index contributed by atoms with van der Waals surface area (Å²) in [7, 11) is 0. The van der Waals surface area contributed by atoms with Crippen LogP contribution in [-0.2, 0) is 4.79 Å². The quantitative estimate of drug-likeness (QED) is 0.466. The van der Waals surface area contributed by atoms with Crippen LogP contribution in [0.3, 0.4) is 0 Å². The molecule has 4 heteroatoms. The van der Waals surface area contributed by atoms with Crippen LogP contribution in [0, 0.1) is 0 Å². The zero-order valence-electron chi connectivity index (χ0n) is 6.92. The molecule has 0 aromatic heterocycles. The van der Waals surface area contributed by atoms with Gasteiger partial charge < -0.3 is 15.7 Å². The van der Waals surface area contributed by atoms with Crippen molar-refractivity contribution in [2.45, 2.75) is 18.6 Å².